The van der Waals surface area contributed by atoms with Crippen LogP contribution in [0.25, 0.3) is 10.9 Å². The number of hydrogen-bond acceptors (Lipinski definition) is 4. The van der Waals surface area contributed by atoms with Gasteiger partial charge in [0.2, 0.25) is 0 Å². The SMILES string of the molecule is CC(C)c1cccc2ncc(C3CCc4nc(C5Cc6ncccc6N(C(C)C)C5)ccc4C3C(C)C)cc12. The zero-order chi connectivity index (χ0) is 27.3. The van der Waals surface area contributed by atoms with Crippen LogP contribution >= 0.6 is 0 Å². The molecule has 0 amide bonds. The van der Waals surface area contributed by atoms with Crippen molar-refractivity contribution in [3.05, 3.63) is 94.7 Å². The monoisotopic (exact) mass is 518 g/mol. The third kappa shape index (κ3) is 4.73. The van der Waals surface area contributed by atoms with Crippen LogP contribution in [0.5, 0.6) is 0 Å². The first-order chi connectivity index (χ1) is 18.8. The number of hydrogen-bond donors (Lipinski definition) is 0. The van der Waals surface area contributed by atoms with Crippen molar-refractivity contribution in [1.82, 2.24) is 15.0 Å². The summed E-state index contributed by atoms with van der Waals surface area (Å²) in [5.74, 6) is 2.29. The number of anilines is 1. The maximum Gasteiger partial charge on any atom is 0.0705 e. The lowest BCUT2D eigenvalue weighted by molar-refractivity contribution is 0.375. The van der Waals surface area contributed by atoms with E-state index in [0.29, 0.717) is 35.6 Å². The van der Waals surface area contributed by atoms with Gasteiger partial charge in [-0.2, -0.15) is 0 Å². The molecular weight excluding hydrogens is 476 g/mol. The predicted molar refractivity (Wildman–Crippen MR) is 162 cm³/mol. The fourth-order valence-corrected chi connectivity index (χ4v) is 7.21. The minimum atomic E-state index is 0.370. The van der Waals surface area contributed by atoms with Crippen LogP contribution in [0, 0.1) is 5.92 Å². The maximum absolute atomic E-state index is 5.38. The van der Waals surface area contributed by atoms with Crippen LogP contribution in [0.3, 0.4) is 0 Å². The first-order valence-corrected chi connectivity index (χ1v) is 14.9. The van der Waals surface area contributed by atoms with Gasteiger partial charge in [0.05, 0.1) is 16.9 Å². The van der Waals surface area contributed by atoms with Gasteiger partial charge in [0.25, 0.3) is 0 Å². The van der Waals surface area contributed by atoms with Gasteiger partial charge in [-0.15, -0.1) is 0 Å². The van der Waals surface area contributed by atoms with Crippen LogP contribution in [0.1, 0.15) is 105 Å². The fourth-order valence-electron chi connectivity index (χ4n) is 7.21. The second-order valence-corrected chi connectivity index (χ2v) is 12.6. The number of pyridine rings is 3. The lowest BCUT2D eigenvalue weighted by Crippen LogP contribution is -2.40. The van der Waals surface area contributed by atoms with E-state index < -0.39 is 0 Å². The Morgan fingerprint density at radius 1 is 0.897 bits per heavy atom. The summed E-state index contributed by atoms with van der Waals surface area (Å²) in [4.78, 5) is 17.6. The molecule has 3 unspecified atom stereocenters. The van der Waals surface area contributed by atoms with Crippen molar-refractivity contribution >= 4 is 16.6 Å². The Kier molecular flexibility index (Phi) is 6.91. The Balaban J connectivity index is 1.34. The minimum absolute atomic E-state index is 0.370. The maximum atomic E-state index is 5.38. The van der Waals surface area contributed by atoms with Crippen molar-refractivity contribution in [3.8, 4) is 0 Å². The average molecular weight is 519 g/mol. The highest BCUT2D eigenvalue weighted by molar-refractivity contribution is 5.83. The molecule has 202 valence electrons. The molecule has 6 rings (SSSR count). The van der Waals surface area contributed by atoms with E-state index in [-0.39, 0.29) is 0 Å². The molecular formula is C35H42N4. The van der Waals surface area contributed by atoms with Crippen molar-refractivity contribution in [2.75, 3.05) is 11.4 Å². The Hall–Kier alpha value is -3.27. The third-order valence-electron chi connectivity index (χ3n) is 9.14. The molecule has 0 radical (unpaired) electrons. The zero-order valence-electron chi connectivity index (χ0n) is 24.4. The lowest BCUT2D eigenvalue weighted by Gasteiger charge is -2.39. The second kappa shape index (κ2) is 10.4. The van der Waals surface area contributed by atoms with Crippen molar-refractivity contribution in [1.29, 1.82) is 0 Å². The Morgan fingerprint density at radius 2 is 1.74 bits per heavy atom. The van der Waals surface area contributed by atoms with Gasteiger partial charge >= 0.3 is 0 Å². The molecule has 0 fully saturated rings. The van der Waals surface area contributed by atoms with Crippen molar-refractivity contribution in [2.45, 2.75) is 90.5 Å². The van der Waals surface area contributed by atoms with E-state index in [0.717, 1.165) is 31.3 Å². The summed E-state index contributed by atoms with van der Waals surface area (Å²) in [6.45, 7) is 14.9. The quantitative estimate of drug-likeness (QED) is 0.267. The highest BCUT2D eigenvalue weighted by atomic mass is 15.2. The molecule has 4 heteroatoms. The van der Waals surface area contributed by atoms with Crippen LogP contribution in [0.4, 0.5) is 5.69 Å². The van der Waals surface area contributed by atoms with Crippen LogP contribution < -0.4 is 4.90 Å². The summed E-state index contributed by atoms with van der Waals surface area (Å²) >= 11 is 0. The first-order valence-electron chi connectivity index (χ1n) is 14.9. The highest BCUT2D eigenvalue weighted by Gasteiger charge is 2.35. The van der Waals surface area contributed by atoms with E-state index in [4.69, 9.17) is 15.0 Å². The molecule has 1 aromatic carbocycles. The number of nitrogens with zero attached hydrogens (tertiary/aromatic N) is 4. The van der Waals surface area contributed by atoms with Gasteiger partial charge in [-0.3, -0.25) is 15.0 Å². The minimum Gasteiger partial charge on any atom is -0.367 e. The van der Waals surface area contributed by atoms with Crippen molar-refractivity contribution < 1.29 is 0 Å². The molecule has 4 heterocycles. The van der Waals surface area contributed by atoms with Gasteiger partial charge in [0.15, 0.2) is 0 Å². The normalized spacial score (nSPS) is 21.1. The Bertz CT molecular complexity index is 1490. The van der Waals surface area contributed by atoms with Crippen LogP contribution in [0.2, 0.25) is 0 Å². The van der Waals surface area contributed by atoms with Gasteiger partial charge in [0, 0.05) is 54.1 Å². The second-order valence-electron chi connectivity index (χ2n) is 12.6. The molecule has 1 aliphatic carbocycles. The number of aromatic nitrogens is 3. The number of benzene rings is 1. The number of fused-ring (bicyclic) bond motifs is 3. The highest BCUT2D eigenvalue weighted by Crippen LogP contribution is 2.47. The molecule has 4 aromatic rings. The van der Waals surface area contributed by atoms with Gasteiger partial charge < -0.3 is 4.90 Å². The van der Waals surface area contributed by atoms with E-state index in [1.807, 2.05) is 6.20 Å². The smallest absolute Gasteiger partial charge is 0.0705 e. The van der Waals surface area contributed by atoms with Gasteiger partial charge in [-0.25, -0.2) is 0 Å². The summed E-state index contributed by atoms with van der Waals surface area (Å²) in [5.41, 5.74) is 10.3. The van der Waals surface area contributed by atoms with Crippen LogP contribution in [-0.2, 0) is 12.8 Å². The van der Waals surface area contributed by atoms with E-state index in [1.54, 1.807) is 0 Å². The average Bonchev–Trinajstić information content (AvgIpc) is 2.94. The molecule has 1 aliphatic heterocycles. The van der Waals surface area contributed by atoms with E-state index >= 15 is 0 Å². The molecule has 0 N–H and O–H groups in total. The van der Waals surface area contributed by atoms with Gasteiger partial charge in [-0.1, -0.05) is 45.9 Å². The van der Waals surface area contributed by atoms with Crippen LogP contribution in [-0.4, -0.2) is 27.5 Å². The van der Waals surface area contributed by atoms with E-state index in [2.05, 4.69) is 101 Å². The molecule has 0 spiro atoms. The van der Waals surface area contributed by atoms with E-state index in [1.165, 1.54) is 44.8 Å². The van der Waals surface area contributed by atoms with Crippen molar-refractivity contribution in [2.24, 2.45) is 5.92 Å². The number of aryl methyl sites for hydroxylation is 1. The van der Waals surface area contributed by atoms with Gasteiger partial charge in [0.1, 0.15) is 0 Å². The molecule has 4 nitrogen and oxygen atoms in total. The number of rotatable bonds is 5. The summed E-state index contributed by atoms with van der Waals surface area (Å²) in [6.07, 6.45) is 7.18. The predicted octanol–water partition coefficient (Wildman–Crippen LogP) is 8.17. The molecule has 3 aromatic heterocycles. The zero-order valence-corrected chi connectivity index (χ0v) is 24.4. The largest absolute Gasteiger partial charge is 0.367 e. The molecule has 39 heavy (non-hydrogen) atoms. The summed E-state index contributed by atoms with van der Waals surface area (Å²) in [5, 5.41) is 1.31. The summed E-state index contributed by atoms with van der Waals surface area (Å²) in [7, 11) is 0. The van der Waals surface area contributed by atoms with Gasteiger partial charge in [-0.05, 0) is 97.4 Å². The van der Waals surface area contributed by atoms with E-state index in [9.17, 15) is 0 Å². The first kappa shape index (κ1) is 26.0. The Labute approximate surface area is 233 Å². The van der Waals surface area contributed by atoms with Crippen LogP contribution in [0.15, 0.2) is 60.9 Å². The molecule has 0 bridgehead atoms. The molecule has 2 aliphatic rings. The molecule has 3 atom stereocenters. The standard InChI is InChI=1S/C35H42N4/c1-21(2)26-9-7-10-31-29(26)17-24(19-37-31)27-12-15-32-28(35(27)22(3)4)13-14-30(38-32)25-18-33-34(11-8-16-36-33)39(20-25)23(5)6/h7-11,13-14,16-17,19,21-23,25,27,35H,12,15,18,20H2,1-6H3. The Morgan fingerprint density at radius 3 is 2.51 bits per heavy atom. The van der Waals surface area contributed by atoms with Crippen molar-refractivity contribution in [3.63, 3.8) is 0 Å². The summed E-state index contributed by atoms with van der Waals surface area (Å²) in [6, 6.07) is 18.4. The lowest BCUT2D eigenvalue weighted by atomic mass is 9.69. The molecule has 0 saturated heterocycles. The topological polar surface area (TPSA) is 41.9 Å². The third-order valence-corrected chi connectivity index (χ3v) is 9.14. The fraction of sp³-hybridized carbons (Fsp3) is 0.457. The summed E-state index contributed by atoms with van der Waals surface area (Å²) < 4.78 is 0. The molecule has 0 saturated carbocycles.